The molecule has 1 aliphatic rings. The first-order valence-electron chi connectivity index (χ1n) is 12.8. The van der Waals surface area contributed by atoms with Crippen LogP contribution in [0, 0.1) is 0 Å². The van der Waals surface area contributed by atoms with Crippen LogP contribution in [0.2, 0.25) is 0 Å². The molecule has 0 radical (unpaired) electrons. The van der Waals surface area contributed by atoms with Crippen LogP contribution in [0.5, 0.6) is 0 Å². The summed E-state index contributed by atoms with van der Waals surface area (Å²) < 4.78 is 0. The smallest absolute Gasteiger partial charge is 0.239 e. The molecule has 0 atom stereocenters. The normalized spacial score (nSPS) is 14.2. The molecule has 4 rings (SSSR count). The van der Waals surface area contributed by atoms with Crippen LogP contribution in [0.3, 0.4) is 0 Å². The highest BCUT2D eigenvalue weighted by Crippen LogP contribution is 2.25. The third kappa shape index (κ3) is 8.37. The maximum absolute atomic E-state index is 12.7. The highest BCUT2D eigenvalue weighted by Gasteiger charge is 2.19. The molecule has 1 fully saturated rings. The second kappa shape index (κ2) is 13.5. The summed E-state index contributed by atoms with van der Waals surface area (Å²) in [5.74, 6) is 0.855. The van der Waals surface area contributed by atoms with E-state index in [-0.39, 0.29) is 11.8 Å². The largest absolute Gasteiger partial charge is 0.383 e. The van der Waals surface area contributed by atoms with Gasteiger partial charge >= 0.3 is 0 Å². The molecule has 37 heavy (non-hydrogen) atoms. The van der Waals surface area contributed by atoms with E-state index in [4.69, 9.17) is 0 Å². The molecular weight excluding hydrogens is 466 g/mol. The van der Waals surface area contributed by atoms with E-state index in [9.17, 15) is 9.59 Å². The Morgan fingerprint density at radius 1 is 0.892 bits per heavy atom. The first-order valence-corrected chi connectivity index (χ1v) is 12.8. The number of anilines is 2. The number of benzene rings is 2. The standard InChI is InChI=1S/C28H35N7O2/c1-22(36)29-14-15-30-25-10-6-5-9-24(25)28-31-13-11-26(33-28)32-27(37)21-35-19-17-34(18-20-35)16-12-23-7-3-2-4-8-23/h2-11,13,30H,12,14-21H2,1H3,(H,29,36)(H,31,32,33,37). The van der Waals surface area contributed by atoms with E-state index in [0.717, 1.165) is 50.4 Å². The molecule has 0 unspecified atom stereocenters. The minimum atomic E-state index is -0.0795. The van der Waals surface area contributed by atoms with Crippen LogP contribution in [0.25, 0.3) is 11.4 Å². The molecule has 1 aliphatic heterocycles. The van der Waals surface area contributed by atoms with Gasteiger partial charge in [-0.25, -0.2) is 9.97 Å². The van der Waals surface area contributed by atoms with Gasteiger partial charge in [0.15, 0.2) is 5.82 Å². The maximum atomic E-state index is 12.7. The van der Waals surface area contributed by atoms with Gasteiger partial charge in [-0.05, 0) is 30.2 Å². The average Bonchev–Trinajstić information content (AvgIpc) is 2.91. The van der Waals surface area contributed by atoms with Crippen LogP contribution in [0.15, 0.2) is 66.9 Å². The van der Waals surface area contributed by atoms with E-state index in [1.54, 1.807) is 12.3 Å². The summed E-state index contributed by atoms with van der Waals surface area (Å²) in [6, 6.07) is 20.0. The minimum Gasteiger partial charge on any atom is -0.383 e. The molecule has 194 valence electrons. The van der Waals surface area contributed by atoms with Gasteiger partial charge in [-0.2, -0.15) is 0 Å². The number of amides is 2. The molecule has 0 spiro atoms. The van der Waals surface area contributed by atoms with Crippen LogP contribution in [-0.4, -0.2) is 83.9 Å². The summed E-state index contributed by atoms with van der Waals surface area (Å²) in [5, 5.41) is 9.01. The molecule has 0 saturated carbocycles. The first-order chi connectivity index (χ1) is 18.1. The summed E-state index contributed by atoms with van der Waals surface area (Å²) in [6.45, 7) is 7.63. The van der Waals surface area contributed by atoms with Gasteiger partial charge in [0.25, 0.3) is 0 Å². The summed E-state index contributed by atoms with van der Waals surface area (Å²) in [7, 11) is 0. The van der Waals surface area contributed by atoms with Crippen molar-refractivity contribution >= 4 is 23.3 Å². The second-order valence-corrected chi connectivity index (χ2v) is 9.12. The Morgan fingerprint density at radius 2 is 1.62 bits per heavy atom. The van der Waals surface area contributed by atoms with Gasteiger partial charge in [0, 0.05) is 70.2 Å². The Hall–Kier alpha value is -3.82. The lowest BCUT2D eigenvalue weighted by molar-refractivity contribution is -0.119. The zero-order valence-electron chi connectivity index (χ0n) is 21.3. The van der Waals surface area contributed by atoms with Crippen molar-refractivity contribution in [3.8, 4) is 11.4 Å². The fourth-order valence-corrected chi connectivity index (χ4v) is 4.31. The number of para-hydroxylation sites is 1. The molecule has 3 N–H and O–H groups in total. The van der Waals surface area contributed by atoms with Crippen LogP contribution in [0.1, 0.15) is 12.5 Å². The van der Waals surface area contributed by atoms with Gasteiger partial charge < -0.3 is 20.9 Å². The lowest BCUT2D eigenvalue weighted by Crippen LogP contribution is -2.49. The van der Waals surface area contributed by atoms with Gasteiger partial charge in [0.2, 0.25) is 11.8 Å². The van der Waals surface area contributed by atoms with Crippen molar-refractivity contribution < 1.29 is 9.59 Å². The van der Waals surface area contributed by atoms with Crippen molar-refractivity contribution in [2.45, 2.75) is 13.3 Å². The van der Waals surface area contributed by atoms with Gasteiger partial charge in [0.05, 0.1) is 6.54 Å². The minimum absolute atomic E-state index is 0.0631. The number of carbonyl (C=O) groups is 2. The molecule has 1 aromatic heterocycles. The van der Waals surface area contributed by atoms with Crippen LogP contribution >= 0.6 is 0 Å². The summed E-state index contributed by atoms with van der Waals surface area (Å²) >= 11 is 0. The van der Waals surface area contributed by atoms with Crippen LogP contribution in [0.4, 0.5) is 11.5 Å². The molecule has 0 aliphatic carbocycles. The number of rotatable bonds is 11. The van der Waals surface area contributed by atoms with Gasteiger partial charge in [0.1, 0.15) is 5.82 Å². The van der Waals surface area contributed by atoms with Gasteiger partial charge in [-0.1, -0.05) is 42.5 Å². The third-order valence-corrected chi connectivity index (χ3v) is 6.30. The molecule has 2 aromatic carbocycles. The number of hydrogen-bond acceptors (Lipinski definition) is 7. The molecule has 0 bridgehead atoms. The molecule has 9 nitrogen and oxygen atoms in total. The average molecular weight is 502 g/mol. The Bertz CT molecular complexity index is 1160. The lowest BCUT2D eigenvalue weighted by atomic mass is 10.1. The number of nitrogens with one attached hydrogen (secondary N) is 3. The SMILES string of the molecule is CC(=O)NCCNc1ccccc1-c1nccc(NC(=O)CN2CCN(CCc3ccccc3)CC2)n1. The number of aromatic nitrogens is 2. The van der Waals surface area contributed by atoms with Crippen molar-refractivity contribution in [2.24, 2.45) is 0 Å². The van der Waals surface area contributed by atoms with Gasteiger partial charge in [-0.3, -0.25) is 14.5 Å². The zero-order chi connectivity index (χ0) is 25.9. The van der Waals surface area contributed by atoms with E-state index in [1.807, 2.05) is 30.3 Å². The predicted octanol–water partition coefficient (Wildman–Crippen LogP) is 2.49. The number of carbonyl (C=O) groups excluding carboxylic acids is 2. The highest BCUT2D eigenvalue weighted by molar-refractivity contribution is 5.91. The van der Waals surface area contributed by atoms with Crippen molar-refractivity contribution in [2.75, 3.05) is 63.0 Å². The van der Waals surface area contributed by atoms with Crippen molar-refractivity contribution in [1.29, 1.82) is 0 Å². The predicted molar refractivity (Wildman–Crippen MR) is 146 cm³/mol. The Morgan fingerprint density at radius 3 is 2.41 bits per heavy atom. The molecular formula is C28H35N7O2. The summed E-state index contributed by atoms with van der Waals surface area (Å²) in [5.41, 5.74) is 3.05. The van der Waals surface area contributed by atoms with E-state index < -0.39 is 0 Å². The number of nitrogens with zero attached hydrogens (tertiary/aromatic N) is 4. The molecule has 9 heteroatoms. The zero-order valence-corrected chi connectivity index (χ0v) is 21.3. The van der Waals surface area contributed by atoms with Gasteiger partial charge in [-0.15, -0.1) is 0 Å². The van der Waals surface area contributed by atoms with E-state index in [1.165, 1.54) is 12.5 Å². The second-order valence-electron chi connectivity index (χ2n) is 9.12. The Labute approximate surface area is 218 Å². The maximum Gasteiger partial charge on any atom is 0.239 e. The third-order valence-electron chi connectivity index (χ3n) is 6.30. The first kappa shape index (κ1) is 26.2. The lowest BCUT2D eigenvalue weighted by Gasteiger charge is -2.34. The number of piperazine rings is 1. The fraction of sp³-hybridized carbons (Fsp3) is 0.357. The summed E-state index contributed by atoms with van der Waals surface area (Å²) in [6.07, 6.45) is 2.70. The topological polar surface area (TPSA) is 102 Å². The van der Waals surface area contributed by atoms with E-state index >= 15 is 0 Å². The van der Waals surface area contributed by atoms with Crippen LogP contribution < -0.4 is 16.0 Å². The molecule has 1 saturated heterocycles. The Balaban J connectivity index is 1.26. The molecule has 2 heterocycles. The van der Waals surface area contributed by atoms with E-state index in [2.05, 4.69) is 60.0 Å². The van der Waals surface area contributed by atoms with E-state index in [0.29, 0.717) is 31.3 Å². The molecule has 2 amide bonds. The quantitative estimate of drug-likeness (QED) is 0.347. The molecule has 3 aromatic rings. The fourth-order valence-electron chi connectivity index (χ4n) is 4.31. The summed E-state index contributed by atoms with van der Waals surface area (Å²) in [4.78, 5) is 37.5. The Kier molecular flexibility index (Phi) is 9.56. The van der Waals surface area contributed by atoms with Crippen LogP contribution in [-0.2, 0) is 16.0 Å². The monoisotopic (exact) mass is 501 g/mol. The van der Waals surface area contributed by atoms with Crippen molar-refractivity contribution in [1.82, 2.24) is 25.1 Å². The number of hydrogen-bond donors (Lipinski definition) is 3. The highest BCUT2D eigenvalue weighted by atomic mass is 16.2. The van der Waals surface area contributed by atoms with Crippen molar-refractivity contribution in [3.05, 3.63) is 72.4 Å². The van der Waals surface area contributed by atoms with Crippen molar-refractivity contribution in [3.63, 3.8) is 0 Å².